The average molecular weight is 330 g/mol. The first-order chi connectivity index (χ1) is 11.2. The van der Waals surface area contributed by atoms with Crippen LogP contribution in [-0.2, 0) is 16.6 Å². The molecule has 0 spiro atoms. The molecule has 23 heavy (non-hydrogen) atoms. The summed E-state index contributed by atoms with van der Waals surface area (Å²) in [5.41, 5.74) is 1.25. The van der Waals surface area contributed by atoms with Crippen molar-refractivity contribution in [3.8, 4) is 0 Å². The molecule has 0 unspecified atom stereocenters. The maximum absolute atomic E-state index is 12.4. The lowest BCUT2D eigenvalue weighted by molar-refractivity contribution is 0.0487. The summed E-state index contributed by atoms with van der Waals surface area (Å²) in [5, 5.41) is 4.12. The number of amides is 1. The monoisotopic (exact) mass is 330 g/mol. The predicted octanol–water partition coefficient (Wildman–Crippen LogP) is 3.18. The third-order valence-electron chi connectivity index (χ3n) is 4.50. The van der Waals surface area contributed by atoms with Crippen molar-refractivity contribution in [3.05, 3.63) is 52.0 Å². The van der Waals surface area contributed by atoms with Crippen LogP contribution in [0.5, 0.6) is 0 Å². The van der Waals surface area contributed by atoms with E-state index in [1.54, 1.807) is 6.20 Å². The zero-order valence-electron chi connectivity index (χ0n) is 13.4. The molecule has 0 bridgehead atoms. The summed E-state index contributed by atoms with van der Waals surface area (Å²) in [6.07, 6.45) is 4.40. The summed E-state index contributed by atoms with van der Waals surface area (Å²) in [4.78, 5) is 17.4. The number of nitrogens with one attached hydrogen (secondary N) is 1. The van der Waals surface area contributed by atoms with Gasteiger partial charge in [0.1, 0.15) is 4.88 Å². The number of rotatable bonds is 5. The highest BCUT2D eigenvalue weighted by Gasteiger charge is 2.34. The smallest absolute Gasteiger partial charge is 0.263 e. The lowest BCUT2D eigenvalue weighted by atomic mass is 9.74. The zero-order chi connectivity index (χ0) is 16.1. The fourth-order valence-corrected chi connectivity index (χ4v) is 3.81. The van der Waals surface area contributed by atoms with Crippen molar-refractivity contribution in [1.29, 1.82) is 0 Å². The Morgan fingerprint density at radius 3 is 2.70 bits per heavy atom. The first-order valence-corrected chi connectivity index (χ1v) is 8.91. The van der Waals surface area contributed by atoms with Crippen LogP contribution in [-0.4, -0.2) is 30.6 Å². The second-order valence-corrected chi connectivity index (χ2v) is 7.03. The van der Waals surface area contributed by atoms with Crippen LogP contribution in [0.4, 0.5) is 0 Å². The molecule has 1 N–H and O–H groups in total. The Morgan fingerprint density at radius 1 is 1.30 bits per heavy atom. The maximum Gasteiger partial charge on any atom is 0.263 e. The molecule has 5 heteroatoms. The quantitative estimate of drug-likeness (QED) is 0.916. The Labute approximate surface area is 140 Å². The molecule has 4 nitrogen and oxygen atoms in total. The average Bonchev–Trinajstić information content (AvgIpc) is 3.10. The Balaban J connectivity index is 1.73. The highest BCUT2D eigenvalue weighted by Crippen LogP contribution is 2.34. The molecule has 1 aliphatic rings. The van der Waals surface area contributed by atoms with Gasteiger partial charge < -0.3 is 10.1 Å². The molecule has 1 aromatic carbocycles. The lowest BCUT2D eigenvalue weighted by Crippen LogP contribution is -2.44. The van der Waals surface area contributed by atoms with Gasteiger partial charge in [-0.1, -0.05) is 37.3 Å². The molecule has 122 valence electrons. The highest BCUT2D eigenvalue weighted by atomic mass is 32.1. The van der Waals surface area contributed by atoms with Gasteiger partial charge in [-0.05, 0) is 24.8 Å². The summed E-state index contributed by atoms with van der Waals surface area (Å²) in [6.45, 7) is 4.17. The third-order valence-corrected chi connectivity index (χ3v) is 5.64. The highest BCUT2D eigenvalue weighted by molar-refractivity contribution is 7.13. The number of carbonyl (C=O) groups is 1. The number of hydrogen-bond donors (Lipinski definition) is 1. The van der Waals surface area contributed by atoms with Crippen LogP contribution in [0.25, 0.3) is 0 Å². The summed E-state index contributed by atoms with van der Waals surface area (Å²) in [7, 11) is 0. The van der Waals surface area contributed by atoms with Crippen LogP contribution in [0.15, 0.2) is 36.5 Å². The van der Waals surface area contributed by atoms with E-state index in [4.69, 9.17) is 4.74 Å². The van der Waals surface area contributed by atoms with Crippen LogP contribution in [0, 0.1) is 0 Å². The van der Waals surface area contributed by atoms with Gasteiger partial charge in [-0.3, -0.25) is 4.79 Å². The normalized spacial score (nSPS) is 16.9. The maximum atomic E-state index is 12.4. The minimum absolute atomic E-state index is 0.0241. The minimum atomic E-state index is -0.0343. The molecular weight excluding hydrogens is 308 g/mol. The number of benzene rings is 1. The lowest BCUT2D eigenvalue weighted by Gasteiger charge is -2.37. The van der Waals surface area contributed by atoms with Crippen LogP contribution in [0.2, 0.25) is 0 Å². The SMILES string of the molecule is CCc1ncc(C(=O)NCC2(c3ccccc3)CCOCC2)s1. The Morgan fingerprint density at radius 2 is 2.04 bits per heavy atom. The van der Waals surface area contributed by atoms with Crippen molar-refractivity contribution in [1.82, 2.24) is 10.3 Å². The first-order valence-electron chi connectivity index (χ1n) is 8.10. The Bertz CT molecular complexity index is 648. The van der Waals surface area contributed by atoms with E-state index in [1.807, 2.05) is 13.0 Å². The molecule has 1 saturated heterocycles. The summed E-state index contributed by atoms with van der Waals surface area (Å²) >= 11 is 1.47. The summed E-state index contributed by atoms with van der Waals surface area (Å²) in [5.74, 6) is -0.0241. The molecule has 1 amide bonds. The molecule has 1 aliphatic heterocycles. The zero-order valence-corrected chi connectivity index (χ0v) is 14.2. The summed E-state index contributed by atoms with van der Waals surface area (Å²) < 4.78 is 5.53. The number of thiazole rings is 1. The fraction of sp³-hybridized carbons (Fsp3) is 0.444. The molecular formula is C18H22N2O2S. The fourth-order valence-electron chi connectivity index (χ4n) is 3.04. The number of carbonyl (C=O) groups excluding carboxylic acids is 1. The number of aryl methyl sites for hydroxylation is 1. The van der Waals surface area contributed by atoms with E-state index in [0.717, 1.165) is 37.5 Å². The van der Waals surface area contributed by atoms with Crippen molar-refractivity contribution in [2.75, 3.05) is 19.8 Å². The van der Waals surface area contributed by atoms with Crippen molar-refractivity contribution in [3.63, 3.8) is 0 Å². The van der Waals surface area contributed by atoms with Crippen molar-refractivity contribution < 1.29 is 9.53 Å². The van der Waals surface area contributed by atoms with Crippen molar-refractivity contribution >= 4 is 17.2 Å². The topological polar surface area (TPSA) is 51.2 Å². The van der Waals surface area contributed by atoms with Gasteiger partial charge in [0.25, 0.3) is 5.91 Å². The second kappa shape index (κ2) is 7.23. The largest absolute Gasteiger partial charge is 0.381 e. The molecule has 0 atom stereocenters. The molecule has 0 aliphatic carbocycles. The van der Waals surface area contributed by atoms with Crippen molar-refractivity contribution in [2.24, 2.45) is 0 Å². The number of ether oxygens (including phenoxy) is 1. The number of aromatic nitrogens is 1. The van der Waals surface area contributed by atoms with E-state index in [2.05, 4.69) is 34.6 Å². The standard InChI is InChI=1S/C18H22N2O2S/c1-2-16-19-12-15(23-16)17(21)20-13-18(8-10-22-11-9-18)14-6-4-3-5-7-14/h3-7,12H,2,8-11,13H2,1H3,(H,20,21). The van der Waals surface area contributed by atoms with E-state index in [-0.39, 0.29) is 11.3 Å². The van der Waals surface area contributed by atoms with E-state index in [1.165, 1.54) is 16.9 Å². The van der Waals surface area contributed by atoms with Gasteiger partial charge in [-0.25, -0.2) is 4.98 Å². The molecule has 0 saturated carbocycles. The Kier molecular flexibility index (Phi) is 5.08. The van der Waals surface area contributed by atoms with Crippen LogP contribution >= 0.6 is 11.3 Å². The van der Waals surface area contributed by atoms with E-state index < -0.39 is 0 Å². The van der Waals surface area contributed by atoms with Gasteiger partial charge in [-0.15, -0.1) is 11.3 Å². The molecule has 1 aromatic heterocycles. The number of hydrogen-bond acceptors (Lipinski definition) is 4. The third kappa shape index (κ3) is 3.62. The predicted molar refractivity (Wildman–Crippen MR) is 92.0 cm³/mol. The minimum Gasteiger partial charge on any atom is -0.381 e. The van der Waals surface area contributed by atoms with E-state index >= 15 is 0 Å². The van der Waals surface area contributed by atoms with Crippen LogP contribution < -0.4 is 5.32 Å². The van der Waals surface area contributed by atoms with Gasteiger partial charge in [-0.2, -0.15) is 0 Å². The van der Waals surface area contributed by atoms with Gasteiger partial charge in [0.15, 0.2) is 0 Å². The van der Waals surface area contributed by atoms with Gasteiger partial charge in [0.05, 0.1) is 11.2 Å². The van der Waals surface area contributed by atoms with E-state index in [0.29, 0.717) is 11.4 Å². The van der Waals surface area contributed by atoms with E-state index in [9.17, 15) is 4.79 Å². The van der Waals surface area contributed by atoms with Crippen LogP contribution in [0.1, 0.15) is 40.0 Å². The number of nitrogens with zero attached hydrogens (tertiary/aromatic N) is 1. The molecule has 0 radical (unpaired) electrons. The Hall–Kier alpha value is -1.72. The first kappa shape index (κ1) is 16.1. The molecule has 2 heterocycles. The second-order valence-electron chi connectivity index (χ2n) is 5.91. The van der Waals surface area contributed by atoms with Crippen LogP contribution in [0.3, 0.4) is 0 Å². The van der Waals surface area contributed by atoms with Gasteiger partial charge in [0.2, 0.25) is 0 Å². The van der Waals surface area contributed by atoms with Gasteiger partial charge >= 0.3 is 0 Å². The van der Waals surface area contributed by atoms with Gasteiger partial charge in [0, 0.05) is 25.2 Å². The molecule has 1 fully saturated rings. The molecule has 3 rings (SSSR count). The van der Waals surface area contributed by atoms with Crippen molar-refractivity contribution in [2.45, 2.75) is 31.6 Å². The summed E-state index contributed by atoms with van der Waals surface area (Å²) in [6, 6.07) is 10.5. The molecule has 2 aromatic rings.